The molecule has 38 heavy (non-hydrogen) atoms. The van der Waals surface area contributed by atoms with E-state index in [1.54, 1.807) is 19.9 Å². The predicted octanol–water partition coefficient (Wildman–Crippen LogP) is 4.09. The summed E-state index contributed by atoms with van der Waals surface area (Å²) in [5, 5.41) is 0. The first kappa shape index (κ1) is 33.5. The summed E-state index contributed by atoms with van der Waals surface area (Å²) in [6.07, 6.45) is 6.47. The molecule has 0 bridgehead atoms. The third-order valence-corrected chi connectivity index (χ3v) is 16.7. The van der Waals surface area contributed by atoms with Crippen molar-refractivity contribution < 1.29 is 46.1 Å². The molecule has 4 rings (SSSR count). The van der Waals surface area contributed by atoms with Crippen LogP contribution in [0.4, 0.5) is 0 Å². The Hall–Kier alpha value is -0.747. The normalized spacial score (nSPS) is 16.9. The summed E-state index contributed by atoms with van der Waals surface area (Å²) in [6.45, 7) is 28.4. The summed E-state index contributed by atoms with van der Waals surface area (Å²) in [5.74, 6) is 0.610. The van der Waals surface area contributed by atoms with E-state index in [1.807, 2.05) is 3.28 Å². The van der Waals surface area contributed by atoms with Crippen LogP contribution in [0.5, 0.6) is 0 Å². The van der Waals surface area contributed by atoms with E-state index in [4.69, 9.17) is 0 Å². The average Bonchev–Trinajstić information content (AvgIpc) is 3.32. The zero-order valence-corrected chi connectivity index (χ0v) is 29.7. The van der Waals surface area contributed by atoms with Crippen LogP contribution < -0.4 is 24.8 Å². The molecule has 0 spiro atoms. The van der Waals surface area contributed by atoms with Crippen molar-refractivity contribution in [3.05, 3.63) is 79.7 Å². The largest absolute Gasteiger partial charge is 1.00 e. The van der Waals surface area contributed by atoms with Gasteiger partial charge < -0.3 is 24.8 Å². The molecule has 1 atom stereocenters. The van der Waals surface area contributed by atoms with Gasteiger partial charge in [-0.3, -0.25) is 0 Å². The molecular weight excluding hydrogens is 583 g/mol. The molecule has 0 N–H and O–H groups in total. The fourth-order valence-electron chi connectivity index (χ4n) is 5.95. The third-order valence-electron chi connectivity index (χ3n) is 8.29. The first-order chi connectivity index (χ1) is 16.5. The predicted molar refractivity (Wildman–Crippen MR) is 157 cm³/mol. The first-order valence-electron chi connectivity index (χ1n) is 13.9. The Labute approximate surface area is 253 Å². The standard InChI is InChI=1S/C21H25.C11H17.C3H6.2ClH.Zr/c1-20(2,3)16-9-7-14-11-15-8-10-17(21(4,5)6)13-19(15)18(14)12-16;1-5-9-6-7-10(8-9)11(2,3)4;1-3-2;;;/h7-13H,1-6H3;7-9H,5H2,1-4H3;1-2H3;2*1H;/q;;;;;+2/p-2. The fourth-order valence-corrected chi connectivity index (χ4v) is 14.8. The molecule has 2 aromatic carbocycles. The van der Waals surface area contributed by atoms with E-state index in [9.17, 15) is 0 Å². The van der Waals surface area contributed by atoms with Gasteiger partial charge in [0.2, 0.25) is 0 Å². The van der Waals surface area contributed by atoms with Gasteiger partial charge in [0.05, 0.1) is 0 Å². The third kappa shape index (κ3) is 6.26. The molecule has 1 unspecified atom stereocenters. The van der Waals surface area contributed by atoms with E-state index in [-0.39, 0.29) is 41.1 Å². The van der Waals surface area contributed by atoms with Crippen molar-refractivity contribution in [3.8, 4) is 11.1 Å². The number of rotatable bonds is 3. The molecule has 0 fully saturated rings. The van der Waals surface area contributed by atoms with Crippen LogP contribution in [0.3, 0.4) is 0 Å². The van der Waals surface area contributed by atoms with E-state index in [1.165, 1.54) is 28.7 Å². The van der Waals surface area contributed by atoms with Crippen molar-refractivity contribution in [1.29, 1.82) is 0 Å². The molecule has 0 heterocycles. The van der Waals surface area contributed by atoms with Crippen molar-refractivity contribution in [2.45, 2.75) is 104 Å². The molecule has 206 valence electrons. The van der Waals surface area contributed by atoms with Gasteiger partial charge >= 0.3 is 231 Å². The summed E-state index contributed by atoms with van der Waals surface area (Å²) in [6, 6.07) is 14.9. The Morgan fingerprint density at radius 2 is 1.16 bits per heavy atom. The van der Waals surface area contributed by atoms with Crippen LogP contribution in [-0.2, 0) is 32.1 Å². The maximum atomic E-state index is 2.65. The smallest absolute Gasteiger partial charge is 1.00 e. The van der Waals surface area contributed by atoms with E-state index < -0.39 is 21.3 Å². The van der Waals surface area contributed by atoms with E-state index in [0.29, 0.717) is 9.54 Å². The van der Waals surface area contributed by atoms with E-state index >= 15 is 0 Å². The molecule has 2 aliphatic carbocycles. The molecule has 0 aliphatic heterocycles. The van der Waals surface area contributed by atoms with Crippen LogP contribution in [0.2, 0.25) is 0 Å². The van der Waals surface area contributed by atoms with Crippen molar-refractivity contribution in [2.75, 3.05) is 0 Å². The van der Waals surface area contributed by atoms with Gasteiger partial charge in [-0.15, -0.1) is 0 Å². The van der Waals surface area contributed by atoms with Crippen molar-refractivity contribution in [1.82, 2.24) is 0 Å². The van der Waals surface area contributed by atoms with Gasteiger partial charge in [-0.2, -0.15) is 0 Å². The second-order valence-corrected chi connectivity index (χ2v) is 21.8. The summed E-state index contributed by atoms with van der Waals surface area (Å²) in [5.41, 5.74) is 11.1. The molecule has 2 aliphatic rings. The number of allylic oxidation sites excluding steroid dienone is 4. The quantitative estimate of drug-likeness (QED) is 0.480. The Morgan fingerprint density at radius 3 is 1.50 bits per heavy atom. The van der Waals surface area contributed by atoms with E-state index in [0.717, 1.165) is 0 Å². The average molecular weight is 631 g/mol. The van der Waals surface area contributed by atoms with Gasteiger partial charge in [0.15, 0.2) is 0 Å². The summed E-state index contributed by atoms with van der Waals surface area (Å²) in [7, 11) is 0. The zero-order valence-electron chi connectivity index (χ0n) is 25.7. The molecule has 0 saturated carbocycles. The van der Waals surface area contributed by atoms with Crippen LogP contribution in [-0.4, -0.2) is 3.21 Å². The van der Waals surface area contributed by atoms with Gasteiger partial charge in [-0.1, -0.05) is 0 Å². The fraction of sp³-hybridized carbons (Fsp3) is 0.514. The molecule has 0 aromatic heterocycles. The van der Waals surface area contributed by atoms with Crippen LogP contribution >= 0.6 is 0 Å². The van der Waals surface area contributed by atoms with Crippen LogP contribution in [0, 0.1) is 11.3 Å². The van der Waals surface area contributed by atoms with Crippen LogP contribution in [0.1, 0.15) is 115 Å². The van der Waals surface area contributed by atoms with Gasteiger partial charge in [-0.25, -0.2) is 0 Å². The van der Waals surface area contributed by atoms with Gasteiger partial charge in [-0.05, 0) is 0 Å². The Bertz CT molecular complexity index is 1220. The number of benzene rings is 2. The minimum Gasteiger partial charge on any atom is -1.00 e. The van der Waals surface area contributed by atoms with Crippen molar-refractivity contribution in [3.63, 3.8) is 0 Å². The topological polar surface area (TPSA) is 0 Å². The maximum absolute atomic E-state index is 2.65. The van der Waals surface area contributed by atoms with Crippen molar-refractivity contribution >= 4 is 3.21 Å². The number of halogens is 2. The number of fused-ring (bicyclic) bond motifs is 3. The molecular formula is C35H48Cl2Zr. The minimum absolute atomic E-state index is 0. The Balaban J connectivity index is 0.00000253. The zero-order chi connectivity index (χ0) is 26.8. The van der Waals surface area contributed by atoms with Gasteiger partial charge in [0.1, 0.15) is 0 Å². The minimum atomic E-state index is -2.24. The Kier molecular flexibility index (Phi) is 10.2. The summed E-state index contributed by atoms with van der Waals surface area (Å²) >= 11 is -2.24. The van der Waals surface area contributed by atoms with Crippen molar-refractivity contribution in [2.24, 2.45) is 11.3 Å². The van der Waals surface area contributed by atoms with Gasteiger partial charge in [0, 0.05) is 0 Å². The maximum Gasteiger partial charge on any atom is -1.00 e. The molecule has 2 aromatic rings. The second-order valence-electron chi connectivity index (χ2n) is 14.4. The second kappa shape index (κ2) is 11.6. The molecule has 0 nitrogen and oxygen atoms in total. The van der Waals surface area contributed by atoms with Gasteiger partial charge in [0.25, 0.3) is 0 Å². The first-order valence-corrected chi connectivity index (χ1v) is 17.8. The van der Waals surface area contributed by atoms with E-state index in [2.05, 4.69) is 132 Å². The number of hydrogen-bond donors (Lipinski definition) is 0. The Morgan fingerprint density at radius 1 is 0.711 bits per heavy atom. The van der Waals surface area contributed by atoms with Crippen LogP contribution in [0.15, 0.2) is 57.4 Å². The number of hydrogen-bond acceptors (Lipinski definition) is 0. The monoisotopic (exact) mass is 628 g/mol. The SMILES string of the molecule is CCC1C=C(C(C)(C)C)C=[C]1[Zr+2](=[C](C)C)[CH]1c2ccc(C(C)(C)C)cc2-c2cc(C(C)(C)C)ccc21.[Cl-].[Cl-]. The molecule has 0 radical (unpaired) electrons. The molecule has 3 heteroatoms. The van der Waals surface area contributed by atoms with Crippen LogP contribution in [0.25, 0.3) is 11.1 Å². The summed E-state index contributed by atoms with van der Waals surface area (Å²) < 4.78 is 4.10. The summed E-state index contributed by atoms with van der Waals surface area (Å²) in [4.78, 5) is 0. The molecule has 0 saturated heterocycles. The molecule has 0 amide bonds.